The molecule has 0 aliphatic rings. The van der Waals surface area contributed by atoms with Crippen LogP contribution in [0.1, 0.15) is 284 Å². The van der Waals surface area contributed by atoms with Gasteiger partial charge in [0, 0.05) is 13.0 Å². The van der Waals surface area contributed by atoms with E-state index in [2.05, 4.69) is 62.5 Å². The van der Waals surface area contributed by atoms with Gasteiger partial charge in [0.05, 0.1) is 34.4 Å². The lowest BCUT2D eigenvalue weighted by atomic mass is 10.0. The molecule has 418 valence electrons. The predicted molar refractivity (Wildman–Crippen MR) is 307 cm³/mol. The highest BCUT2D eigenvalue weighted by Crippen LogP contribution is 2.43. The van der Waals surface area contributed by atoms with Gasteiger partial charge in [-0.2, -0.15) is 0 Å². The molecule has 0 heterocycles. The van der Waals surface area contributed by atoms with E-state index in [0.29, 0.717) is 24.1 Å². The number of carbonyl (C=O) groups excluding carboxylic acids is 1. The van der Waals surface area contributed by atoms with E-state index >= 15 is 0 Å². The maximum Gasteiger partial charge on any atom is 0.472 e. The number of rotatable bonds is 57. The lowest BCUT2D eigenvalue weighted by molar-refractivity contribution is -0.870. The molecule has 71 heavy (non-hydrogen) atoms. The minimum absolute atomic E-state index is 0.0873. The predicted octanol–water partition coefficient (Wildman–Crippen LogP) is 19.4. The molecule has 0 aliphatic heterocycles. The number of allylic oxidation sites excluding steroid dienone is 8. The second kappa shape index (κ2) is 54.7. The summed E-state index contributed by atoms with van der Waals surface area (Å²) in [5.74, 6) is -0.312. The average Bonchev–Trinajstić information content (AvgIpc) is 3.33. The standard InChI is InChI=1S/C62H118NO7P/c1-6-8-10-12-14-16-18-20-22-24-26-28-30-32-33-35-37-39-41-43-45-47-49-51-53-55-62(64)70-61(60-69-71(65,66)68-58-56-63(3,4)5)59-67-57-54-52-50-48-46-44-42-40-38-36-34-31-29-27-25-23-21-19-17-15-13-11-9-7-2/h19,21,24-27,31,34,61H,6-18,20,22-23,28-30,32-33,35-60H2,1-5H3/p+1/b21-19-,26-24-,27-25-,34-31-. The minimum Gasteiger partial charge on any atom is -0.457 e. The van der Waals surface area contributed by atoms with Gasteiger partial charge >= 0.3 is 13.8 Å². The van der Waals surface area contributed by atoms with Crippen molar-refractivity contribution in [1.82, 2.24) is 0 Å². The number of esters is 1. The molecule has 0 saturated heterocycles. The first-order valence-electron chi connectivity index (χ1n) is 30.4. The summed E-state index contributed by atoms with van der Waals surface area (Å²) in [7, 11) is 1.67. The zero-order valence-electron chi connectivity index (χ0n) is 47.7. The van der Waals surface area contributed by atoms with Crippen LogP contribution in [0.5, 0.6) is 0 Å². The Balaban J connectivity index is 4.05. The molecular weight excluding hydrogens is 902 g/mol. The normalized spacial score (nSPS) is 13.7. The zero-order valence-corrected chi connectivity index (χ0v) is 48.6. The fourth-order valence-corrected chi connectivity index (χ4v) is 9.42. The van der Waals surface area contributed by atoms with Crippen molar-refractivity contribution in [2.75, 3.05) is 54.1 Å². The van der Waals surface area contributed by atoms with Gasteiger partial charge in [-0.05, 0) is 77.0 Å². The van der Waals surface area contributed by atoms with Crippen LogP contribution < -0.4 is 0 Å². The number of likely N-dealkylation sites (N-methyl/N-ethyl adjacent to an activating group) is 1. The maximum atomic E-state index is 12.8. The first-order valence-corrected chi connectivity index (χ1v) is 31.9. The third-order valence-corrected chi connectivity index (χ3v) is 14.3. The molecule has 2 unspecified atom stereocenters. The van der Waals surface area contributed by atoms with Crippen LogP contribution in [-0.2, 0) is 27.9 Å². The van der Waals surface area contributed by atoms with Crippen molar-refractivity contribution in [3.8, 4) is 0 Å². The number of phosphoric ester groups is 1. The lowest BCUT2D eigenvalue weighted by Gasteiger charge is -2.24. The highest BCUT2D eigenvalue weighted by Gasteiger charge is 2.26. The lowest BCUT2D eigenvalue weighted by Crippen LogP contribution is -2.37. The fraction of sp³-hybridized carbons (Fsp3) is 0.855. The summed E-state index contributed by atoms with van der Waals surface area (Å²) in [6.07, 6.45) is 70.4. The second-order valence-electron chi connectivity index (χ2n) is 21.7. The highest BCUT2D eigenvalue weighted by atomic mass is 31.2. The van der Waals surface area contributed by atoms with E-state index in [-0.39, 0.29) is 25.8 Å². The molecular formula is C62H119NO7P+. The maximum absolute atomic E-state index is 12.8. The van der Waals surface area contributed by atoms with E-state index in [1.54, 1.807) is 0 Å². The van der Waals surface area contributed by atoms with Crippen molar-refractivity contribution < 1.29 is 37.3 Å². The Morgan fingerprint density at radius 1 is 0.437 bits per heavy atom. The van der Waals surface area contributed by atoms with Gasteiger partial charge in [-0.1, -0.05) is 249 Å². The van der Waals surface area contributed by atoms with Crippen LogP contribution in [0, 0.1) is 0 Å². The fourth-order valence-electron chi connectivity index (χ4n) is 8.68. The third kappa shape index (κ3) is 59.2. The first kappa shape index (κ1) is 69.5. The van der Waals surface area contributed by atoms with Gasteiger partial charge in [-0.15, -0.1) is 0 Å². The van der Waals surface area contributed by atoms with Crippen molar-refractivity contribution in [1.29, 1.82) is 0 Å². The van der Waals surface area contributed by atoms with E-state index in [9.17, 15) is 14.3 Å². The summed E-state index contributed by atoms with van der Waals surface area (Å²) in [5.41, 5.74) is 0. The van der Waals surface area contributed by atoms with Crippen LogP contribution in [-0.4, -0.2) is 75.6 Å². The van der Waals surface area contributed by atoms with Crippen LogP contribution >= 0.6 is 7.82 Å². The molecule has 0 amide bonds. The van der Waals surface area contributed by atoms with Gasteiger partial charge in [0.25, 0.3) is 0 Å². The first-order chi connectivity index (χ1) is 34.6. The molecule has 2 atom stereocenters. The summed E-state index contributed by atoms with van der Waals surface area (Å²) in [6.45, 7) is 5.64. The Morgan fingerprint density at radius 3 is 1.17 bits per heavy atom. The van der Waals surface area contributed by atoms with Crippen molar-refractivity contribution in [2.24, 2.45) is 0 Å². The molecule has 0 fully saturated rings. The average molecular weight is 1020 g/mol. The van der Waals surface area contributed by atoms with Crippen LogP contribution in [0.4, 0.5) is 0 Å². The van der Waals surface area contributed by atoms with E-state index in [0.717, 1.165) is 44.9 Å². The third-order valence-electron chi connectivity index (χ3n) is 13.4. The Bertz CT molecular complexity index is 1280. The van der Waals surface area contributed by atoms with E-state index in [4.69, 9.17) is 18.5 Å². The van der Waals surface area contributed by atoms with Gasteiger partial charge in [0.1, 0.15) is 19.3 Å². The Labute approximate surface area is 441 Å². The van der Waals surface area contributed by atoms with E-state index in [1.165, 1.54) is 218 Å². The summed E-state index contributed by atoms with van der Waals surface area (Å²) in [5, 5.41) is 0. The van der Waals surface area contributed by atoms with Crippen molar-refractivity contribution in [3.63, 3.8) is 0 Å². The quantitative estimate of drug-likeness (QED) is 0.0213. The van der Waals surface area contributed by atoms with Gasteiger partial charge in [0.2, 0.25) is 0 Å². The molecule has 0 bridgehead atoms. The number of nitrogens with zero attached hydrogens (tertiary/aromatic N) is 1. The summed E-state index contributed by atoms with van der Waals surface area (Å²) in [4.78, 5) is 23.1. The number of phosphoric acid groups is 1. The van der Waals surface area contributed by atoms with Crippen LogP contribution in [0.25, 0.3) is 0 Å². The molecule has 1 N–H and O–H groups in total. The molecule has 0 aromatic rings. The second-order valence-corrected chi connectivity index (χ2v) is 23.2. The SMILES string of the molecule is CCCCCCC/C=C\C/C=C\C/C=C\CCCCCCCCCCCOCC(COP(=O)(O)OCC[N+](C)(C)C)OC(=O)CCCCCCCCCCCCCCC/C=C\CCCCCCCCCC. The summed E-state index contributed by atoms with van der Waals surface area (Å²) < 4.78 is 35.3. The molecule has 8 nitrogen and oxygen atoms in total. The van der Waals surface area contributed by atoms with Gasteiger partial charge in [-0.3, -0.25) is 13.8 Å². The van der Waals surface area contributed by atoms with E-state index < -0.39 is 13.9 Å². The van der Waals surface area contributed by atoms with Crippen LogP contribution in [0.2, 0.25) is 0 Å². The van der Waals surface area contributed by atoms with Crippen molar-refractivity contribution >= 4 is 13.8 Å². The van der Waals surface area contributed by atoms with Crippen LogP contribution in [0.15, 0.2) is 48.6 Å². The molecule has 0 spiro atoms. The molecule has 0 aromatic carbocycles. The Morgan fingerprint density at radius 2 is 0.775 bits per heavy atom. The largest absolute Gasteiger partial charge is 0.472 e. The van der Waals surface area contributed by atoms with Crippen molar-refractivity contribution in [3.05, 3.63) is 48.6 Å². The molecule has 0 rings (SSSR count). The molecule has 0 aromatic heterocycles. The number of unbranched alkanes of at least 4 members (excludes halogenated alkanes) is 35. The number of hydrogen-bond acceptors (Lipinski definition) is 6. The molecule has 0 aliphatic carbocycles. The topological polar surface area (TPSA) is 91.3 Å². The monoisotopic (exact) mass is 1020 g/mol. The number of ether oxygens (including phenoxy) is 2. The Hall–Kier alpha value is -1.54. The highest BCUT2D eigenvalue weighted by molar-refractivity contribution is 7.47. The number of quaternary nitrogens is 1. The Kier molecular flexibility index (Phi) is 53.5. The van der Waals surface area contributed by atoms with Gasteiger partial charge < -0.3 is 18.9 Å². The molecule has 0 saturated carbocycles. The van der Waals surface area contributed by atoms with Gasteiger partial charge in [0.15, 0.2) is 0 Å². The van der Waals surface area contributed by atoms with Crippen LogP contribution in [0.3, 0.4) is 0 Å². The smallest absolute Gasteiger partial charge is 0.457 e. The number of hydrogen-bond donors (Lipinski definition) is 1. The van der Waals surface area contributed by atoms with Gasteiger partial charge in [-0.25, -0.2) is 4.57 Å². The number of carbonyl (C=O) groups is 1. The van der Waals surface area contributed by atoms with E-state index in [1.807, 2.05) is 21.1 Å². The summed E-state index contributed by atoms with van der Waals surface area (Å²) in [6, 6.07) is 0. The molecule has 9 heteroatoms. The zero-order chi connectivity index (χ0) is 51.9. The summed E-state index contributed by atoms with van der Waals surface area (Å²) >= 11 is 0. The van der Waals surface area contributed by atoms with Crippen molar-refractivity contribution in [2.45, 2.75) is 290 Å². The minimum atomic E-state index is -4.29. The molecule has 0 radical (unpaired) electrons.